The maximum atomic E-state index is 2.45. The van der Waals surface area contributed by atoms with Crippen LogP contribution in [0.25, 0.3) is 99.1 Å². The Morgan fingerprint density at radius 2 is 0.909 bits per heavy atom. The molecule has 0 spiro atoms. The van der Waals surface area contributed by atoms with E-state index in [9.17, 15) is 0 Å². The second kappa shape index (κ2) is 11.8. The maximum Gasteiger partial charge on any atom is 0.0558 e. The van der Waals surface area contributed by atoms with Crippen molar-refractivity contribution in [1.82, 2.24) is 9.13 Å². The van der Waals surface area contributed by atoms with E-state index >= 15 is 0 Å². The molecule has 9 aromatic carbocycles. The standard InChI is InChI=1S/C52H32N2S/c1-3-13-33(14-4-1)34-15-11-16-35(29-34)36-25-28-47-44(30-36)39-19-7-9-23-45(39)54(47)38-26-27-40-41-21-12-22-43-51-42-20-8-10-24-46(42)53(37-17-5-2-6-18-37)48(51)32-50(52(41)43)55-49(40)31-38/h1-32H. The van der Waals surface area contributed by atoms with E-state index in [1.807, 2.05) is 11.8 Å². The number of fused-ring (bicyclic) bond motifs is 9. The van der Waals surface area contributed by atoms with Crippen LogP contribution >= 0.6 is 11.8 Å². The molecule has 0 radical (unpaired) electrons. The van der Waals surface area contributed by atoms with Gasteiger partial charge in [-0.25, -0.2) is 0 Å². The van der Waals surface area contributed by atoms with Crippen LogP contribution in [-0.2, 0) is 0 Å². The van der Waals surface area contributed by atoms with Gasteiger partial charge in [0.1, 0.15) is 0 Å². The first-order valence-electron chi connectivity index (χ1n) is 18.8. The molecule has 0 saturated carbocycles. The number of rotatable bonds is 4. The molecular formula is C52H32N2S. The van der Waals surface area contributed by atoms with Crippen LogP contribution in [0.1, 0.15) is 0 Å². The lowest BCUT2D eigenvalue weighted by Gasteiger charge is -2.22. The van der Waals surface area contributed by atoms with Gasteiger partial charge < -0.3 is 9.13 Å². The number of benzene rings is 9. The largest absolute Gasteiger partial charge is 0.309 e. The average molecular weight is 717 g/mol. The summed E-state index contributed by atoms with van der Waals surface area (Å²) in [6.45, 7) is 0. The smallest absolute Gasteiger partial charge is 0.0558 e. The first-order chi connectivity index (χ1) is 27.3. The molecule has 0 bridgehead atoms. The van der Waals surface area contributed by atoms with E-state index in [0.717, 1.165) is 0 Å². The molecular weight excluding hydrogens is 685 g/mol. The summed E-state index contributed by atoms with van der Waals surface area (Å²) in [6, 6.07) is 71.3. The van der Waals surface area contributed by atoms with E-state index < -0.39 is 0 Å². The molecule has 3 heterocycles. The molecule has 0 saturated heterocycles. The molecule has 1 aliphatic rings. The summed E-state index contributed by atoms with van der Waals surface area (Å²) < 4.78 is 4.88. The van der Waals surface area contributed by atoms with Crippen molar-refractivity contribution in [3.8, 4) is 44.8 Å². The molecule has 1 aliphatic heterocycles. The normalized spacial score (nSPS) is 12.3. The van der Waals surface area contributed by atoms with E-state index in [1.54, 1.807) is 0 Å². The highest BCUT2D eigenvalue weighted by atomic mass is 32.2. The van der Waals surface area contributed by atoms with Crippen molar-refractivity contribution in [3.63, 3.8) is 0 Å². The van der Waals surface area contributed by atoms with E-state index in [2.05, 4.69) is 203 Å². The quantitative estimate of drug-likeness (QED) is 0.176. The second-order valence-corrected chi connectivity index (χ2v) is 15.6. The van der Waals surface area contributed by atoms with Crippen molar-refractivity contribution in [2.75, 3.05) is 0 Å². The monoisotopic (exact) mass is 716 g/mol. The SMILES string of the molecule is c1ccc(-c2cccc(-c3ccc4c(c3)c3ccccc3n4-c3ccc4c(c3)Sc3cc5c(c6cccc-4c36)c3ccccc3n5-c3ccccc3)c2)cc1. The van der Waals surface area contributed by atoms with Crippen molar-refractivity contribution >= 4 is 66.1 Å². The zero-order valence-corrected chi connectivity index (χ0v) is 30.6. The lowest BCUT2D eigenvalue weighted by atomic mass is 9.94. The Labute approximate surface area is 322 Å². The van der Waals surface area contributed by atoms with Crippen molar-refractivity contribution in [1.29, 1.82) is 0 Å². The van der Waals surface area contributed by atoms with Crippen LogP contribution in [0.5, 0.6) is 0 Å². The topological polar surface area (TPSA) is 9.86 Å². The molecule has 12 rings (SSSR count). The van der Waals surface area contributed by atoms with Crippen molar-refractivity contribution in [3.05, 3.63) is 194 Å². The molecule has 2 nitrogen and oxygen atoms in total. The summed E-state index contributed by atoms with van der Waals surface area (Å²) >= 11 is 1.90. The number of para-hydroxylation sites is 3. The highest BCUT2D eigenvalue weighted by molar-refractivity contribution is 7.99. The van der Waals surface area contributed by atoms with Gasteiger partial charge in [0.2, 0.25) is 0 Å². The van der Waals surface area contributed by atoms with Gasteiger partial charge in [-0.2, -0.15) is 0 Å². The first kappa shape index (κ1) is 30.6. The number of hydrogen-bond donors (Lipinski definition) is 0. The van der Waals surface area contributed by atoms with Gasteiger partial charge in [-0.1, -0.05) is 145 Å². The van der Waals surface area contributed by atoms with E-state index in [4.69, 9.17) is 0 Å². The van der Waals surface area contributed by atoms with Gasteiger partial charge in [0, 0.05) is 48.1 Å². The molecule has 0 aliphatic carbocycles. The summed E-state index contributed by atoms with van der Waals surface area (Å²) in [5.41, 5.74) is 14.7. The second-order valence-electron chi connectivity index (χ2n) is 14.5. The van der Waals surface area contributed by atoms with Crippen LogP contribution in [0.15, 0.2) is 204 Å². The number of hydrogen-bond acceptors (Lipinski definition) is 1. The van der Waals surface area contributed by atoms with Crippen molar-refractivity contribution < 1.29 is 0 Å². The Morgan fingerprint density at radius 1 is 0.291 bits per heavy atom. The molecule has 55 heavy (non-hydrogen) atoms. The molecule has 0 amide bonds. The van der Waals surface area contributed by atoms with Crippen LogP contribution in [0, 0.1) is 0 Å². The Balaban J connectivity index is 1.03. The highest BCUT2D eigenvalue weighted by Crippen LogP contribution is 2.52. The van der Waals surface area contributed by atoms with Gasteiger partial charge in [-0.05, 0) is 99.4 Å². The summed E-state index contributed by atoms with van der Waals surface area (Å²) in [5.74, 6) is 0. The predicted octanol–water partition coefficient (Wildman–Crippen LogP) is 14.5. The molecule has 0 N–H and O–H groups in total. The summed E-state index contributed by atoms with van der Waals surface area (Å²) in [5, 5.41) is 7.78. The molecule has 11 aromatic rings. The minimum absolute atomic E-state index is 1.17. The molecule has 3 heteroatoms. The minimum Gasteiger partial charge on any atom is -0.309 e. The molecule has 2 aromatic heterocycles. The van der Waals surface area contributed by atoms with Crippen LogP contribution in [0.4, 0.5) is 0 Å². The third-order valence-corrected chi connectivity index (χ3v) is 12.6. The molecule has 0 unspecified atom stereocenters. The third-order valence-electron chi connectivity index (χ3n) is 11.5. The van der Waals surface area contributed by atoms with Gasteiger partial charge in [0.15, 0.2) is 0 Å². The third kappa shape index (κ3) is 4.57. The Kier molecular flexibility index (Phi) is 6.60. The fraction of sp³-hybridized carbons (Fsp3) is 0. The van der Waals surface area contributed by atoms with Gasteiger partial charge in [0.05, 0.1) is 22.1 Å². The van der Waals surface area contributed by atoms with Crippen LogP contribution in [-0.4, -0.2) is 9.13 Å². The lowest BCUT2D eigenvalue weighted by Crippen LogP contribution is -1.99. The van der Waals surface area contributed by atoms with E-state index in [1.165, 1.54) is 109 Å². The van der Waals surface area contributed by atoms with Crippen molar-refractivity contribution in [2.45, 2.75) is 9.79 Å². The van der Waals surface area contributed by atoms with Gasteiger partial charge >= 0.3 is 0 Å². The van der Waals surface area contributed by atoms with Crippen LogP contribution in [0.3, 0.4) is 0 Å². The van der Waals surface area contributed by atoms with Crippen LogP contribution < -0.4 is 0 Å². The molecule has 256 valence electrons. The summed E-state index contributed by atoms with van der Waals surface area (Å²) in [7, 11) is 0. The minimum atomic E-state index is 1.17. The lowest BCUT2D eigenvalue weighted by molar-refractivity contribution is 1.16. The van der Waals surface area contributed by atoms with Gasteiger partial charge in [-0.15, -0.1) is 0 Å². The highest BCUT2D eigenvalue weighted by Gasteiger charge is 2.25. The Bertz CT molecular complexity index is 3330. The fourth-order valence-electron chi connectivity index (χ4n) is 9.08. The summed E-state index contributed by atoms with van der Waals surface area (Å²) in [6.07, 6.45) is 0. The van der Waals surface area contributed by atoms with E-state index in [0.29, 0.717) is 0 Å². The zero-order chi connectivity index (χ0) is 36.0. The predicted molar refractivity (Wildman–Crippen MR) is 233 cm³/mol. The molecule has 0 atom stereocenters. The van der Waals surface area contributed by atoms with Crippen molar-refractivity contribution in [2.24, 2.45) is 0 Å². The van der Waals surface area contributed by atoms with Gasteiger partial charge in [-0.3, -0.25) is 0 Å². The Morgan fingerprint density at radius 3 is 1.75 bits per heavy atom. The fourth-order valence-corrected chi connectivity index (χ4v) is 10.3. The van der Waals surface area contributed by atoms with E-state index in [-0.39, 0.29) is 0 Å². The first-order valence-corrected chi connectivity index (χ1v) is 19.7. The van der Waals surface area contributed by atoms with Crippen LogP contribution in [0.2, 0.25) is 0 Å². The number of nitrogens with zero attached hydrogens (tertiary/aromatic N) is 2. The zero-order valence-electron chi connectivity index (χ0n) is 29.8. The Hall–Kier alpha value is -6.81. The van der Waals surface area contributed by atoms with Gasteiger partial charge in [0.25, 0.3) is 0 Å². The molecule has 0 fully saturated rings. The average Bonchev–Trinajstić information content (AvgIpc) is 3.77. The summed E-state index contributed by atoms with van der Waals surface area (Å²) in [4.78, 5) is 2.58. The number of aromatic nitrogens is 2. The maximum absolute atomic E-state index is 2.45.